The second-order valence-electron chi connectivity index (χ2n) is 5.34. The van der Waals surface area contributed by atoms with Gasteiger partial charge in [0.2, 0.25) is 0 Å². The van der Waals surface area contributed by atoms with Crippen LogP contribution in [-0.4, -0.2) is 38.0 Å². The lowest BCUT2D eigenvalue weighted by Crippen LogP contribution is -2.07. The van der Waals surface area contributed by atoms with Crippen molar-refractivity contribution in [3.8, 4) is 11.5 Å². The van der Waals surface area contributed by atoms with E-state index in [1.165, 1.54) is 0 Å². The monoisotopic (exact) mass is 324 g/mol. The van der Waals surface area contributed by atoms with Crippen LogP contribution in [0.1, 0.15) is 55.8 Å². The van der Waals surface area contributed by atoms with E-state index in [2.05, 4.69) is 6.92 Å². The molecule has 0 aliphatic heterocycles. The summed E-state index contributed by atoms with van der Waals surface area (Å²) in [6.07, 6.45) is 5.53. The summed E-state index contributed by atoms with van der Waals surface area (Å²) < 4.78 is 16.2. The highest BCUT2D eigenvalue weighted by atomic mass is 16.5. The highest BCUT2D eigenvalue weighted by molar-refractivity contribution is 5.90. The van der Waals surface area contributed by atoms with E-state index in [0.717, 1.165) is 38.5 Å². The van der Waals surface area contributed by atoms with Gasteiger partial charge in [-0.15, -0.1) is 0 Å². The van der Waals surface area contributed by atoms with Crippen LogP contribution in [0, 0.1) is 0 Å². The SMILES string of the molecule is CCCCOc1ccc(C(=O)OCCCCCCO)cc1OC. The summed E-state index contributed by atoms with van der Waals surface area (Å²) in [5, 5.41) is 8.69. The molecule has 5 nitrogen and oxygen atoms in total. The number of unbranched alkanes of at least 4 members (excludes halogenated alkanes) is 4. The van der Waals surface area contributed by atoms with Gasteiger partial charge in [0, 0.05) is 6.61 Å². The van der Waals surface area contributed by atoms with Crippen molar-refractivity contribution in [2.75, 3.05) is 26.9 Å². The molecule has 0 amide bonds. The zero-order valence-electron chi connectivity index (χ0n) is 14.2. The van der Waals surface area contributed by atoms with E-state index >= 15 is 0 Å². The number of rotatable bonds is 12. The Labute approximate surface area is 138 Å². The Morgan fingerprint density at radius 2 is 1.83 bits per heavy atom. The number of hydrogen-bond donors (Lipinski definition) is 1. The van der Waals surface area contributed by atoms with Crippen LogP contribution in [-0.2, 0) is 4.74 Å². The van der Waals surface area contributed by atoms with Gasteiger partial charge >= 0.3 is 5.97 Å². The largest absolute Gasteiger partial charge is 0.493 e. The average molecular weight is 324 g/mol. The van der Waals surface area contributed by atoms with Gasteiger partial charge in [0.1, 0.15) is 0 Å². The molecule has 0 heterocycles. The minimum Gasteiger partial charge on any atom is -0.493 e. The standard InChI is InChI=1S/C18H28O5/c1-3-4-12-22-16-10-9-15(14-17(16)21-2)18(20)23-13-8-6-5-7-11-19/h9-10,14,19H,3-8,11-13H2,1-2H3. The van der Waals surface area contributed by atoms with Gasteiger partial charge in [-0.2, -0.15) is 0 Å². The molecule has 0 aliphatic carbocycles. The van der Waals surface area contributed by atoms with Crippen molar-refractivity contribution in [2.45, 2.75) is 45.4 Å². The van der Waals surface area contributed by atoms with Crippen molar-refractivity contribution in [3.05, 3.63) is 23.8 Å². The normalized spacial score (nSPS) is 10.4. The Morgan fingerprint density at radius 3 is 2.52 bits per heavy atom. The van der Waals surface area contributed by atoms with Gasteiger partial charge in [-0.25, -0.2) is 4.79 Å². The topological polar surface area (TPSA) is 65.0 Å². The third-order valence-electron chi connectivity index (χ3n) is 3.44. The molecule has 1 aromatic rings. The van der Waals surface area contributed by atoms with E-state index < -0.39 is 0 Å². The molecule has 0 saturated carbocycles. The summed E-state index contributed by atoms with van der Waals surface area (Å²) in [5.41, 5.74) is 0.458. The molecule has 0 spiro atoms. The Bertz CT molecular complexity index is 459. The maximum atomic E-state index is 12.0. The Hall–Kier alpha value is -1.75. The second kappa shape index (κ2) is 11.8. The van der Waals surface area contributed by atoms with Gasteiger partial charge in [-0.3, -0.25) is 0 Å². The first kappa shape index (κ1) is 19.3. The molecule has 0 saturated heterocycles. The van der Waals surface area contributed by atoms with Crippen molar-refractivity contribution in [3.63, 3.8) is 0 Å². The molecule has 1 aromatic carbocycles. The summed E-state index contributed by atoms with van der Waals surface area (Å²) in [6.45, 7) is 3.33. The highest BCUT2D eigenvalue weighted by Gasteiger charge is 2.12. The van der Waals surface area contributed by atoms with Crippen LogP contribution < -0.4 is 9.47 Å². The summed E-state index contributed by atoms with van der Waals surface area (Å²) >= 11 is 0. The van der Waals surface area contributed by atoms with Crippen LogP contribution in [0.4, 0.5) is 0 Å². The number of benzene rings is 1. The van der Waals surface area contributed by atoms with E-state index in [0.29, 0.717) is 30.3 Å². The zero-order chi connectivity index (χ0) is 16.9. The number of esters is 1. The summed E-state index contributed by atoms with van der Waals surface area (Å²) in [4.78, 5) is 12.0. The Kier molecular flexibility index (Phi) is 9.87. The van der Waals surface area contributed by atoms with Gasteiger partial charge in [0.05, 0.1) is 25.9 Å². The van der Waals surface area contributed by atoms with Gasteiger partial charge in [0.25, 0.3) is 0 Å². The lowest BCUT2D eigenvalue weighted by atomic mass is 10.2. The number of aliphatic hydroxyl groups is 1. The van der Waals surface area contributed by atoms with Crippen molar-refractivity contribution in [2.24, 2.45) is 0 Å². The molecule has 0 aromatic heterocycles. The predicted octanol–water partition coefficient (Wildman–Crippen LogP) is 3.58. The molecule has 0 radical (unpaired) electrons. The molecular weight excluding hydrogens is 296 g/mol. The molecule has 0 unspecified atom stereocenters. The number of carbonyl (C=O) groups is 1. The van der Waals surface area contributed by atoms with Crippen molar-refractivity contribution >= 4 is 5.97 Å². The molecule has 0 atom stereocenters. The van der Waals surface area contributed by atoms with Crippen molar-refractivity contribution in [1.82, 2.24) is 0 Å². The number of carbonyl (C=O) groups excluding carboxylic acids is 1. The van der Waals surface area contributed by atoms with Crippen molar-refractivity contribution < 1.29 is 24.1 Å². The fourth-order valence-electron chi connectivity index (χ4n) is 2.06. The van der Waals surface area contributed by atoms with E-state index in [9.17, 15) is 4.79 Å². The quantitative estimate of drug-likeness (QED) is 0.470. The third-order valence-corrected chi connectivity index (χ3v) is 3.44. The Balaban J connectivity index is 2.47. The van der Waals surface area contributed by atoms with Crippen LogP contribution in [0.3, 0.4) is 0 Å². The fraction of sp³-hybridized carbons (Fsp3) is 0.611. The smallest absolute Gasteiger partial charge is 0.338 e. The van der Waals surface area contributed by atoms with Gasteiger partial charge in [0.15, 0.2) is 11.5 Å². The highest BCUT2D eigenvalue weighted by Crippen LogP contribution is 2.28. The van der Waals surface area contributed by atoms with Crippen molar-refractivity contribution in [1.29, 1.82) is 0 Å². The van der Waals surface area contributed by atoms with Crippen LogP contribution in [0.5, 0.6) is 11.5 Å². The van der Waals surface area contributed by atoms with Crippen LogP contribution in [0.2, 0.25) is 0 Å². The van der Waals surface area contributed by atoms with Gasteiger partial charge in [-0.05, 0) is 43.9 Å². The fourth-order valence-corrected chi connectivity index (χ4v) is 2.06. The molecule has 0 fully saturated rings. The number of ether oxygens (including phenoxy) is 3. The zero-order valence-corrected chi connectivity index (χ0v) is 14.2. The number of aliphatic hydroxyl groups excluding tert-OH is 1. The number of hydrogen-bond acceptors (Lipinski definition) is 5. The van der Waals surface area contributed by atoms with E-state index in [1.807, 2.05) is 0 Å². The maximum absolute atomic E-state index is 12.0. The molecule has 0 bridgehead atoms. The van der Waals surface area contributed by atoms with Crippen LogP contribution >= 0.6 is 0 Å². The minimum absolute atomic E-state index is 0.215. The van der Waals surface area contributed by atoms with Gasteiger partial charge < -0.3 is 19.3 Å². The van der Waals surface area contributed by atoms with Gasteiger partial charge in [-0.1, -0.05) is 19.8 Å². The molecule has 23 heavy (non-hydrogen) atoms. The first-order chi connectivity index (χ1) is 11.2. The summed E-state index contributed by atoms with van der Waals surface area (Å²) in [5.74, 6) is 0.825. The summed E-state index contributed by atoms with van der Waals surface area (Å²) in [6, 6.07) is 5.08. The lowest BCUT2D eigenvalue weighted by Gasteiger charge is -2.12. The molecule has 1 rings (SSSR count). The second-order valence-corrected chi connectivity index (χ2v) is 5.34. The maximum Gasteiger partial charge on any atom is 0.338 e. The molecule has 0 aliphatic rings. The van der Waals surface area contributed by atoms with E-state index in [-0.39, 0.29) is 12.6 Å². The van der Waals surface area contributed by atoms with Crippen LogP contribution in [0.25, 0.3) is 0 Å². The van der Waals surface area contributed by atoms with E-state index in [4.69, 9.17) is 19.3 Å². The van der Waals surface area contributed by atoms with E-state index in [1.54, 1.807) is 25.3 Å². The predicted molar refractivity (Wildman–Crippen MR) is 89.2 cm³/mol. The Morgan fingerprint density at radius 1 is 1.04 bits per heavy atom. The summed E-state index contributed by atoms with van der Waals surface area (Å²) in [7, 11) is 1.55. The molecule has 1 N–H and O–H groups in total. The number of methoxy groups -OCH3 is 1. The molecular formula is C18H28O5. The molecule has 5 heteroatoms. The minimum atomic E-state index is -0.356. The van der Waals surface area contributed by atoms with Crippen LogP contribution in [0.15, 0.2) is 18.2 Å². The first-order valence-corrected chi connectivity index (χ1v) is 8.31. The average Bonchev–Trinajstić information content (AvgIpc) is 2.58. The third kappa shape index (κ3) is 7.37. The molecule has 130 valence electrons. The first-order valence-electron chi connectivity index (χ1n) is 8.31. The lowest BCUT2D eigenvalue weighted by molar-refractivity contribution is 0.0496.